The number of aryl methyl sites for hydroxylation is 1. The molecule has 0 bridgehead atoms. The van der Waals surface area contributed by atoms with E-state index >= 15 is 0 Å². The number of hydrogen-bond acceptors (Lipinski definition) is 1. The van der Waals surface area contributed by atoms with Crippen molar-refractivity contribution in [2.45, 2.75) is 64.2 Å². The number of nitrogens with zero attached hydrogens (tertiary/aromatic N) is 1. The fraction of sp³-hybridized carbons (Fsp3) is 0.429. The van der Waals surface area contributed by atoms with Crippen LogP contribution in [0.5, 0.6) is 0 Å². The zero-order valence-electron chi connectivity index (χ0n) is 15.4. The molecule has 0 fully saturated rings. The molecule has 0 aliphatic heterocycles. The second kappa shape index (κ2) is 6.60. The Hall–Kier alpha value is -1.41. The van der Waals surface area contributed by atoms with Gasteiger partial charge >= 0.3 is 0 Å². The Morgan fingerprint density at radius 2 is 1.22 bits per heavy atom. The highest BCUT2D eigenvalue weighted by molar-refractivity contribution is 7.97. The van der Waals surface area contributed by atoms with Gasteiger partial charge < -0.3 is 0 Å². The van der Waals surface area contributed by atoms with Crippen LogP contribution in [0.3, 0.4) is 0 Å². The summed E-state index contributed by atoms with van der Waals surface area (Å²) in [5.74, 6) is 0. The van der Waals surface area contributed by atoms with Gasteiger partial charge in [-0.25, -0.2) is 4.72 Å². The molecule has 2 aromatic rings. The standard InChI is InChI=1S/C21H28NS/c1-15-8-10-19(11-9-15)23-22-18-13-16(20(2,3)4)12-17(14-18)21(5,6)7/h8-14H,1-7H3. The molecule has 1 nitrogen and oxygen atoms in total. The second-order valence-corrected chi connectivity index (χ2v) is 9.10. The Bertz CT molecular complexity index is 625. The Morgan fingerprint density at radius 3 is 1.65 bits per heavy atom. The van der Waals surface area contributed by atoms with Crippen LogP contribution in [0.4, 0.5) is 5.69 Å². The molecule has 0 aliphatic carbocycles. The van der Waals surface area contributed by atoms with Crippen molar-refractivity contribution in [3.8, 4) is 0 Å². The molecule has 0 saturated heterocycles. The molecule has 2 rings (SSSR count). The lowest BCUT2D eigenvalue weighted by atomic mass is 9.80. The Kier molecular flexibility index (Phi) is 5.15. The molecular formula is C21H28NS. The Morgan fingerprint density at radius 1 is 0.739 bits per heavy atom. The molecule has 0 aromatic heterocycles. The van der Waals surface area contributed by atoms with Gasteiger partial charge in [0.15, 0.2) is 0 Å². The number of hydrogen-bond donors (Lipinski definition) is 0. The molecule has 123 valence electrons. The molecule has 0 amide bonds. The van der Waals surface area contributed by atoms with Crippen molar-refractivity contribution in [2.24, 2.45) is 0 Å². The van der Waals surface area contributed by atoms with Gasteiger partial charge in [-0.2, -0.15) is 0 Å². The molecule has 0 atom stereocenters. The third-order valence-corrected chi connectivity index (χ3v) is 4.71. The van der Waals surface area contributed by atoms with E-state index in [1.807, 2.05) is 0 Å². The molecule has 2 heteroatoms. The highest BCUT2D eigenvalue weighted by Crippen LogP contribution is 2.33. The molecule has 23 heavy (non-hydrogen) atoms. The zero-order chi connectivity index (χ0) is 17.3. The fourth-order valence-electron chi connectivity index (χ4n) is 2.23. The fourth-order valence-corrected chi connectivity index (χ4v) is 2.81. The van der Waals surface area contributed by atoms with Crippen LogP contribution in [0.2, 0.25) is 0 Å². The minimum atomic E-state index is 0.125. The van der Waals surface area contributed by atoms with Crippen molar-refractivity contribution >= 4 is 17.6 Å². The monoisotopic (exact) mass is 326 g/mol. The molecule has 2 aromatic carbocycles. The van der Waals surface area contributed by atoms with Crippen molar-refractivity contribution < 1.29 is 0 Å². The van der Waals surface area contributed by atoms with Gasteiger partial charge in [-0.3, -0.25) is 0 Å². The van der Waals surface area contributed by atoms with Crippen molar-refractivity contribution in [3.63, 3.8) is 0 Å². The molecule has 0 heterocycles. The maximum Gasteiger partial charge on any atom is 0.0723 e. The van der Waals surface area contributed by atoms with Crippen LogP contribution >= 0.6 is 11.9 Å². The highest BCUT2D eigenvalue weighted by atomic mass is 32.2. The summed E-state index contributed by atoms with van der Waals surface area (Å²) in [7, 11) is 0. The van der Waals surface area contributed by atoms with Gasteiger partial charge in [0.1, 0.15) is 0 Å². The first-order chi connectivity index (χ1) is 10.6. The third kappa shape index (κ3) is 5.04. The van der Waals surface area contributed by atoms with Gasteiger partial charge in [-0.05, 0) is 53.1 Å². The molecule has 0 N–H and O–H groups in total. The zero-order valence-corrected chi connectivity index (χ0v) is 16.2. The van der Waals surface area contributed by atoms with E-state index in [2.05, 4.69) is 90.9 Å². The van der Waals surface area contributed by atoms with Crippen LogP contribution in [0.25, 0.3) is 0 Å². The molecule has 0 saturated carbocycles. The van der Waals surface area contributed by atoms with E-state index in [-0.39, 0.29) is 10.8 Å². The summed E-state index contributed by atoms with van der Waals surface area (Å²) in [6.07, 6.45) is 0. The summed E-state index contributed by atoms with van der Waals surface area (Å²) in [4.78, 5) is 1.18. The van der Waals surface area contributed by atoms with E-state index in [1.54, 1.807) is 11.9 Å². The van der Waals surface area contributed by atoms with Gasteiger partial charge in [-0.1, -0.05) is 65.3 Å². The number of benzene rings is 2. The first-order valence-corrected chi connectivity index (χ1v) is 8.94. The quantitative estimate of drug-likeness (QED) is 0.585. The lowest BCUT2D eigenvalue weighted by molar-refractivity contribution is 0.568. The van der Waals surface area contributed by atoms with Gasteiger partial charge in [0.2, 0.25) is 0 Å². The van der Waals surface area contributed by atoms with E-state index in [9.17, 15) is 0 Å². The van der Waals surface area contributed by atoms with E-state index in [0.717, 1.165) is 5.69 Å². The maximum absolute atomic E-state index is 4.77. The first kappa shape index (κ1) is 17.9. The van der Waals surface area contributed by atoms with Crippen LogP contribution in [0, 0.1) is 6.92 Å². The molecule has 1 radical (unpaired) electrons. The summed E-state index contributed by atoms with van der Waals surface area (Å²) in [5, 5.41) is 0. The minimum absolute atomic E-state index is 0.125. The van der Waals surface area contributed by atoms with Gasteiger partial charge in [0.05, 0.1) is 5.69 Å². The third-order valence-electron chi connectivity index (χ3n) is 3.93. The normalized spacial score (nSPS) is 12.3. The van der Waals surface area contributed by atoms with Crippen LogP contribution in [0.15, 0.2) is 47.4 Å². The SMILES string of the molecule is Cc1ccc(S[N]c2cc(C(C)(C)C)cc(C(C)(C)C)c2)cc1. The summed E-state index contributed by atoms with van der Waals surface area (Å²) >= 11 is 1.55. The van der Waals surface area contributed by atoms with E-state index < -0.39 is 0 Å². The minimum Gasteiger partial charge on any atom is -0.212 e. The topological polar surface area (TPSA) is 14.1 Å². The Labute approximate surface area is 146 Å². The lowest BCUT2D eigenvalue weighted by Crippen LogP contribution is -2.16. The summed E-state index contributed by atoms with van der Waals surface area (Å²) in [5.41, 5.74) is 5.26. The van der Waals surface area contributed by atoms with Crippen LogP contribution in [-0.2, 0) is 10.8 Å². The van der Waals surface area contributed by atoms with Crippen LogP contribution in [0.1, 0.15) is 58.2 Å². The predicted molar refractivity (Wildman–Crippen MR) is 103 cm³/mol. The summed E-state index contributed by atoms with van der Waals surface area (Å²) in [6, 6.07) is 15.3. The number of rotatable bonds is 3. The van der Waals surface area contributed by atoms with Gasteiger partial charge in [-0.15, -0.1) is 0 Å². The van der Waals surface area contributed by atoms with Crippen molar-refractivity contribution in [1.29, 1.82) is 0 Å². The van der Waals surface area contributed by atoms with E-state index in [4.69, 9.17) is 4.72 Å². The van der Waals surface area contributed by atoms with Crippen LogP contribution in [-0.4, -0.2) is 0 Å². The molecule has 0 unspecified atom stereocenters. The van der Waals surface area contributed by atoms with Gasteiger partial charge in [0.25, 0.3) is 0 Å². The van der Waals surface area contributed by atoms with E-state index in [1.165, 1.54) is 21.6 Å². The highest BCUT2D eigenvalue weighted by Gasteiger charge is 2.20. The Balaban J connectivity index is 2.28. The predicted octanol–water partition coefficient (Wildman–Crippen LogP) is 6.53. The average molecular weight is 327 g/mol. The lowest BCUT2D eigenvalue weighted by Gasteiger charge is -2.25. The molecule has 0 spiro atoms. The largest absolute Gasteiger partial charge is 0.212 e. The average Bonchev–Trinajstić information content (AvgIpc) is 2.44. The summed E-state index contributed by atoms with van der Waals surface area (Å²) < 4.78 is 4.77. The van der Waals surface area contributed by atoms with Gasteiger partial charge in [0, 0.05) is 16.8 Å². The van der Waals surface area contributed by atoms with Crippen molar-refractivity contribution in [2.75, 3.05) is 0 Å². The summed E-state index contributed by atoms with van der Waals surface area (Å²) in [6.45, 7) is 15.6. The van der Waals surface area contributed by atoms with Crippen molar-refractivity contribution in [3.05, 3.63) is 59.2 Å². The molecule has 0 aliphatic rings. The van der Waals surface area contributed by atoms with E-state index in [0.29, 0.717) is 0 Å². The van der Waals surface area contributed by atoms with Crippen molar-refractivity contribution in [1.82, 2.24) is 4.72 Å². The smallest absolute Gasteiger partial charge is 0.0723 e. The van der Waals surface area contributed by atoms with Crippen LogP contribution < -0.4 is 4.72 Å². The second-order valence-electron chi connectivity index (χ2n) is 8.26. The molecular weight excluding hydrogens is 298 g/mol. The maximum atomic E-state index is 4.77. The first-order valence-electron chi connectivity index (χ1n) is 8.16.